The van der Waals surface area contributed by atoms with E-state index in [1.54, 1.807) is 29.2 Å². The van der Waals surface area contributed by atoms with E-state index < -0.39 is 29.6 Å². The molecule has 0 aromatic heterocycles. The van der Waals surface area contributed by atoms with Crippen molar-refractivity contribution in [3.8, 4) is 5.75 Å². The van der Waals surface area contributed by atoms with E-state index in [4.69, 9.17) is 9.47 Å². The van der Waals surface area contributed by atoms with E-state index in [9.17, 15) is 19.5 Å². The van der Waals surface area contributed by atoms with Crippen molar-refractivity contribution in [2.75, 3.05) is 25.1 Å². The molecule has 1 aromatic carbocycles. The number of carbonyl (C=O) groups excluding carboxylic acids is 3. The fourth-order valence-corrected chi connectivity index (χ4v) is 7.34. The highest BCUT2D eigenvalue weighted by Gasteiger charge is 2.76. The molecule has 0 radical (unpaired) electrons. The van der Waals surface area contributed by atoms with Crippen molar-refractivity contribution >= 4 is 39.3 Å². The number of fused-ring (bicyclic) bond motifs is 1. The molecule has 3 aliphatic rings. The van der Waals surface area contributed by atoms with Crippen molar-refractivity contribution in [2.24, 2.45) is 11.8 Å². The van der Waals surface area contributed by atoms with E-state index in [0.29, 0.717) is 43.9 Å². The molecular formula is C28H40BrN3O6. The number of likely N-dealkylation sites (tertiary alicyclic amines) is 1. The molecule has 3 N–H and O–H groups in total. The van der Waals surface area contributed by atoms with E-state index in [1.807, 2.05) is 13.8 Å². The third kappa shape index (κ3) is 5.45. The Labute approximate surface area is 233 Å². The summed E-state index contributed by atoms with van der Waals surface area (Å²) in [7, 11) is 0. The topological polar surface area (TPSA) is 117 Å². The Morgan fingerprint density at radius 2 is 1.95 bits per heavy atom. The number of benzene rings is 1. The van der Waals surface area contributed by atoms with Crippen LogP contribution in [-0.4, -0.2) is 76.1 Å². The van der Waals surface area contributed by atoms with Gasteiger partial charge < -0.3 is 30.1 Å². The van der Waals surface area contributed by atoms with Gasteiger partial charge in [-0.1, -0.05) is 29.3 Å². The van der Waals surface area contributed by atoms with E-state index in [2.05, 4.69) is 33.5 Å². The summed E-state index contributed by atoms with van der Waals surface area (Å²) in [6.45, 7) is 6.95. The first-order chi connectivity index (χ1) is 18.3. The molecular weight excluding hydrogens is 554 g/mol. The molecule has 4 rings (SSSR count). The number of alkyl halides is 1. The summed E-state index contributed by atoms with van der Waals surface area (Å²) < 4.78 is 12.0. The number of anilines is 1. The fraction of sp³-hybridized carbons (Fsp3) is 0.679. The van der Waals surface area contributed by atoms with Crippen molar-refractivity contribution in [3.05, 3.63) is 24.3 Å². The first-order valence-corrected chi connectivity index (χ1v) is 14.8. The summed E-state index contributed by atoms with van der Waals surface area (Å²) in [4.78, 5) is 42.8. The molecule has 1 spiro atoms. The minimum Gasteiger partial charge on any atom is -0.494 e. The Kier molecular flexibility index (Phi) is 9.36. The van der Waals surface area contributed by atoms with Crippen molar-refractivity contribution < 1.29 is 29.0 Å². The third-order valence-corrected chi connectivity index (χ3v) is 8.79. The quantitative estimate of drug-likeness (QED) is 0.239. The zero-order valence-corrected chi connectivity index (χ0v) is 24.0. The number of nitrogens with zero attached hydrogens (tertiary/aromatic N) is 1. The molecule has 3 fully saturated rings. The predicted octanol–water partition coefficient (Wildman–Crippen LogP) is 3.24. The van der Waals surface area contributed by atoms with Gasteiger partial charge in [-0.15, -0.1) is 0 Å². The number of hydrogen-bond acceptors (Lipinski definition) is 6. The Morgan fingerprint density at radius 3 is 2.61 bits per heavy atom. The van der Waals surface area contributed by atoms with Gasteiger partial charge in [0.25, 0.3) is 0 Å². The highest BCUT2D eigenvalue weighted by atomic mass is 79.9. The van der Waals surface area contributed by atoms with Crippen LogP contribution in [0.5, 0.6) is 5.75 Å². The number of halogens is 1. The highest BCUT2D eigenvalue weighted by Crippen LogP contribution is 2.60. The number of ether oxygens (including phenoxy) is 2. The first-order valence-electron chi connectivity index (χ1n) is 13.8. The van der Waals surface area contributed by atoms with Gasteiger partial charge in [0.15, 0.2) is 0 Å². The Morgan fingerprint density at radius 1 is 1.21 bits per heavy atom. The number of hydrogen-bond donors (Lipinski definition) is 3. The minimum atomic E-state index is -1.07. The van der Waals surface area contributed by atoms with Crippen molar-refractivity contribution in [1.82, 2.24) is 10.2 Å². The third-order valence-electron chi connectivity index (χ3n) is 7.94. The molecule has 0 aliphatic carbocycles. The van der Waals surface area contributed by atoms with Gasteiger partial charge in [0.05, 0.1) is 24.5 Å². The lowest BCUT2D eigenvalue weighted by Crippen LogP contribution is -2.57. The number of unbranched alkanes of at least 4 members (excludes halogenated alkanes) is 2. The lowest BCUT2D eigenvalue weighted by Gasteiger charge is -2.34. The van der Waals surface area contributed by atoms with Crippen LogP contribution in [0.15, 0.2) is 24.3 Å². The highest BCUT2D eigenvalue weighted by molar-refractivity contribution is 9.09. The maximum absolute atomic E-state index is 14.0. The van der Waals surface area contributed by atoms with Gasteiger partial charge in [-0.2, -0.15) is 0 Å². The predicted molar refractivity (Wildman–Crippen MR) is 147 cm³/mol. The maximum Gasteiger partial charge on any atom is 0.246 e. The second-order valence-electron chi connectivity index (χ2n) is 10.6. The van der Waals surface area contributed by atoms with Crippen LogP contribution in [0.25, 0.3) is 0 Å². The maximum atomic E-state index is 14.0. The molecule has 7 atom stereocenters. The van der Waals surface area contributed by atoms with Crippen molar-refractivity contribution in [1.29, 1.82) is 0 Å². The van der Waals surface area contributed by atoms with Crippen LogP contribution in [0.2, 0.25) is 0 Å². The smallest absolute Gasteiger partial charge is 0.246 e. The van der Waals surface area contributed by atoms with Gasteiger partial charge in [-0.3, -0.25) is 14.4 Å². The van der Waals surface area contributed by atoms with Gasteiger partial charge in [0.1, 0.15) is 17.4 Å². The summed E-state index contributed by atoms with van der Waals surface area (Å²) in [5.41, 5.74) is -0.459. The van der Waals surface area contributed by atoms with Gasteiger partial charge >= 0.3 is 0 Å². The molecule has 1 aromatic rings. The van der Waals surface area contributed by atoms with Gasteiger partial charge in [-0.25, -0.2) is 0 Å². The molecule has 0 saturated carbocycles. The second kappa shape index (κ2) is 12.3. The van der Waals surface area contributed by atoms with Crippen LogP contribution < -0.4 is 15.4 Å². The molecule has 2 bridgehead atoms. The number of amides is 3. The molecule has 38 heavy (non-hydrogen) atoms. The summed E-state index contributed by atoms with van der Waals surface area (Å²) in [5, 5.41) is 15.2. The first kappa shape index (κ1) is 28.8. The normalized spacial score (nSPS) is 30.3. The summed E-state index contributed by atoms with van der Waals surface area (Å²) in [6, 6.07) is 6.28. The summed E-state index contributed by atoms with van der Waals surface area (Å²) in [6.07, 6.45) is 3.77. The average molecular weight is 595 g/mol. The summed E-state index contributed by atoms with van der Waals surface area (Å²) in [5.74, 6) is -1.47. The van der Waals surface area contributed by atoms with Gasteiger partial charge in [-0.05, 0) is 70.2 Å². The number of aliphatic hydroxyl groups excluding tert-OH is 1. The molecule has 10 heteroatoms. The molecule has 4 unspecified atom stereocenters. The van der Waals surface area contributed by atoms with Gasteiger partial charge in [0.2, 0.25) is 17.7 Å². The van der Waals surface area contributed by atoms with Crippen LogP contribution in [0.4, 0.5) is 5.69 Å². The molecule has 210 valence electrons. The standard InChI is InChI=1S/C28H40BrN3O6/c1-4-9-17(3)30-26(35)24-28-16-20(29)23(38-28)21(22(28)27(36)32(24)14-7-6-8-15-33)25(34)31-18-10-12-19(13-11-18)37-5-2/h10-13,17,20-24,33H,4-9,14-16H2,1-3H3,(H,30,35)(H,31,34)/t17?,20?,21-,22+,23-,24?,28?/m1/s1. The van der Waals surface area contributed by atoms with E-state index in [0.717, 1.165) is 19.3 Å². The molecule has 3 heterocycles. The monoisotopic (exact) mass is 593 g/mol. The lowest BCUT2D eigenvalue weighted by atomic mass is 9.70. The molecule has 3 saturated heterocycles. The Bertz CT molecular complexity index is 1010. The minimum absolute atomic E-state index is 0.0357. The molecule has 9 nitrogen and oxygen atoms in total. The van der Waals surface area contributed by atoms with Gasteiger partial charge in [0, 0.05) is 29.7 Å². The van der Waals surface area contributed by atoms with E-state index in [-0.39, 0.29) is 35.2 Å². The summed E-state index contributed by atoms with van der Waals surface area (Å²) >= 11 is 3.70. The van der Waals surface area contributed by atoms with Crippen LogP contribution >= 0.6 is 15.9 Å². The largest absolute Gasteiger partial charge is 0.494 e. The number of aliphatic hydroxyl groups is 1. The number of rotatable bonds is 13. The fourth-order valence-electron chi connectivity index (χ4n) is 6.39. The Balaban J connectivity index is 1.60. The van der Waals surface area contributed by atoms with Crippen LogP contribution in [0, 0.1) is 11.8 Å². The SMILES string of the molecule is CCCC(C)NC(=O)C1N(CCCCCO)C(=O)[C@@H]2[C@@H](C(=O)Nc3ccc(OCC)cc3)[C@@H]3OC12CC3Br. The van der Waals surface area contributed by atoms with Crippen LogP contribution in [0.1, 0.15) is 59.3 Å². The molecule has 3 aliphatic heterocycles. The molecule has 3 amide bonds. The number of carbonyl (C=O) groups is 3. The Hall–Kier alpha value is -2.17. The van der Waals surface area contributed by atoms with Crippen molar-refractivity contribution in [2.45, 2.75) is 87.9 Å². The lowest BCUT2D eigenvalue weighted by molar-refractivity contribution is -0.141. The zero-order chi connectivity index (χ0) is 27.4. The van der Waals surface area contributed by atoms with E-state index >= 15 is 0 Å². The van der Waals surface area contributed by atoms with Crippen molar-refractivity contribution in [3.63, 3.8) is 0 Å². The zero-order valence-electron chi connectivity index (χ0n) is 22.5. The van der Waals surface area contributed by atoms with E-state index in [1.165, 1.54) is 0 Å². The number of nitrogens with one attached hydrogen (secondary N) is 2. The van der Waals surface area contributed by atoms with Crippen LogP contribution in [0.3, 0.4) is 0 Å². The average Bonchev–Trinajstić information content (AvgIpc) is 3.46. The second-order valence-corrected chi connectivity index (χ2v) is 11.8. The van der Waals surface area contributed by atoms with Crippen LogP contribution in [-0.2, 0) is 19.1 Å².